The maximum absolute atomic E-state index is 12.6. The molecule has 0 heterocycles. The lowest BCUT2D eigenvalue weighted by Gasteiger charge is -2.29. The molecule has 0 unspecified atom stereocenters. The zero-order valence-electron chi connectivity index (χ0n) is 14.7. The number of hydrogen-bond acceptors (Lipinski definition) is 3. The molecule has 0 saturated carbocycles. The van der Waals surface area contributed by atoms with Crippen LogP contribution in [-0.2, 0) is 21.4 Å². The summed E-state index contributed by atoms with van der Waals surface area (Å²) in [7, 11) is -3.70. The summed E-state index contributed by atoms with van der Waals surface area (Å²) in [6.07, 6.45) is 1.06. The largest absolute Gasteiger partial charge is 0.350 e. The third kappa shape index (κ3) is 4.90. The van der Waals surface area contributed by atoms with Crippen LogP contribution in [-0.4, -0.2) is 26.6 Å². The molecule has 2 aromatic rings. The van der Waals surface area contributed by atoms with Gasteiger partial charge in [0.1, 0.15) is 6.04 Å². The lowest BCUT2D eigenvalue weighted by Crippen LogP contribution is -2.48. The first-order valence-electron chi connectivity index (χ1n) is 7.88. The van der Waals surface area contributed by atoms with Crippen molar-refractivity contribution >= 4 is 44.8 Å². The topological polar surface area (TPSA) is 66.5 Å². The summed E-state index contributed by atoms with van der Waals surface area (Å²) in [6.45, 7) is 3.50. The van der Waals surface area contributed by atoms with Crippen LogP contribution < -0.4 is 9.62 Å². The first-order chi connectivity index (χ1) is 12.1. The fourth-order valence-electron chi connectivity index (χ4n) is 2.57. The Balaban J connectivity index is 2.27. The maximum atomic E-state index is 12.6. The standard InChI is InChI=1S/C18H20Cl2N2O3S/c1-12-8-9-15(19)10-17(12)22(26(3,24)25)13(2)18(23)21-11-14-6-4-5-7-16(14)20/h4-10,13H,11H2,1-3H3,(H,21,23)/t13-/m0/s1. The predicted octanol–water partition coefficient (Wildman–Crippen LogP) is 3.77. The molecule has 0 saturated heterocycles. The van der Waals surface area contributed by atoms with E-state index >= 15 is 0 Å². The highest BCUT2D eigenvalue weighted by atomic mass is 35.5. The zero-order chi connectivity index (χ0) is 19.5. The van der Waals surface area contributed by atoms with Crippen molar-refractivity contribution in [3.63, 3.8) is 0 Å². The second kappa shape index (κ2) is 8.29. The van der Waals surface area contributed by atoms with Gasteiger partial charge in [0.25, 0.3) is 0 Å². The summed E-state index contributed by atoms with van der Waals surface area (Å²) in [6, 6.07) is 11.1. The van der Waals surface area contributed by atoms with Crippen molar-refractivity contribution in [2.45, 2.75) is 26.4 Å². The van der Waals surface area contributed by atoms with E-state index in [0.29, 0.717) is 21.3 Å². The van der Waals surface area contributed by atoms with Crippen LogP contribution in [0.5, 0.6) is 0 Å². The minimum Gasteiger partial charge on any atom is -0.350 e. The molecule has 0 spiro atoms. The van der Waals surface area contributed by atoms with Crippen molar-refractivity contribution < 1.29 is 13.2 Å². The Kier molecular flexibility index (Phi) is 6.55. The van der Waals surface area contributed by atoms with Gasteiger partial charge in [-0.05, 0) is 43.2 Å². The molecule has 5 nitrogen and oxygen atoms in total. The number of benzene rings is 2. The fourth-order valence-corrected chi connectivity index (χ4v) is 4.17. The Morgan fingerprint density at radius 1 is 1.19 bits per heavy atom. The summed E-state index contributed by atoms with van der Waals surface area (Å²) in [4.78, 5) is 12.6. The Morgan fingerprint density at radius 2 is 1.85 bits per heavy atom. The molecule has 26 heavy (non-hydrogen) atoms. The summed E-state index contributed by atoms with van der Waals surface area (Å²) >= 11 is 12.1. The van der Waals surface area contributed by atoms with E-state index in [2.05, 4.69) is 5.32 Å². The minimum absolute atomic E-state index is 0.203. The maximum Gasteiger partial charge on any atom is 0.243 e. The molecule has 8 heteroatoms. The number of anilines is 1. The van der Waals surface area contributed by atoms with Gasteiger partial charge in [-0.15, -0.1) is 0 Å². The number of nitrogens with zero attached hydrogens (tertiary/aromatic N) is 1. The fraction of sp³-hybridized carbons (Fsp3) is 0.278. The summed E-state index contributed by atoms with van der Waals surface area (Å²) in [5.41, 5.74) is 1.82. The smallest absolute Gasteiger partial charge is 0.243 e. The molecule has 0 aromatic heterocycles. The van der Waals surface area contributed by atoms with Crippen LogP contribution in [0.2, 0.25) is 10.0 Å². The van der Waals surface area contributed by atoms with Crippen molar-refractivity contribution in [2.24, 2.45) is 0 Å². The molecule has 0 aliphatic heterocycles. The van der Waals surface area contributed by atoms with Crippen LogP contribution >= 0.6 is 23.2 Å². The number of aryl methyl sites for hydroxylation is 1. The van der Waals surface area contributed by atoms with E-state index in [1.165, 1.54) is 13.0 Å². The van der Waals surface area contributed by atoms with Gasteiger partial charge in [0.2, 0.25) is 15.9 Å². The summed E-state index contributed by atoms with van der Waals surface area (Å²) in [5.74, 6) is -0.435. The average molecular weight is 415 g/mol. The van der Waals surface area contributed by atoms with Gasteiger partial charge in [-0.1, -0.05) is 47.5 Å². The molecule has 0 radical (unpaired) electrons. The van der Waals surface area contributed by atoms with Crippen LogP contribution in [0, 0.1) is 6.92 Å². The number of halogens is 2. The van der Waals surface area contributed by atoms with Crippen LogP contribution in [0.15, 0.2) is 42.5 Å². The molecule has 0 fully saturated rings. The number of rotatable bonds is 6. The molecule has 2 rings (SSSR count). The van der Waals surface area contributed by atoms with E-state index in [1.54, 1.807) is 37.3 Å². The molecular formula is C18H20Cl2N2O3S. The molecule has 1 N–H and O–H groups in total. The lowest BCUT2D eigenvalue weighted by molar-refractivity contribution is -0.122. The highest BCUT2D eigenvalue weighted by Crippen LogP contribution is 2.28. The molecule has 1 amide bonds. The van der Waals surface area contributed by atoms with Gasteiger partial charge in [0.15, 0.2) is 0 Å². The van der Waals surface area contributed by atoms with E-state index in [1.807, 2.05) is 6.07 Å². The van der Waals surface area contributed by atoms with Gasteiger partial charge < -0.3 is 5.32 Å². The molecule has 0 aliphatic carbocycles. The molecule has 140 valence electrons. The van der Waals surface area contributed by atoms with Gasteiger partial charge in [0, 0.05) is 16.6 Å². The number of carbonyl (C=O) groups is 1. The highest BCUT2D eigenvalue weighted by Gasteiger charge is 2.30. The molecule has 0 aliphatic rings. The van der Waals surface area contributed by atoms with E-state index in [0.717, 1.165) is 16.1 Å². The number of nitrogens with one attached hydrogen (secondary N) is 1. The SMILES string of the molecule is Cc1ccc(Cl)cc1N([C@@H](C)C(=O)NCc1ccccc1Cl)S(C)(=O)=O. The van der Waals surface area contributed by atoms with Crippen LogP contribution in [0.4, 0.5) is 5.69 Å². The van der Waals surface area contributed by atoms with Crippen molar-refractivity contribution in [3.05, 3.63) is 63.6 Å². The van der Waals surface area contributed by atoms with Gasteiger partial charge in [-0.3, -0.25) is 9.10 Å². The number of sulfonamides is 1. The molecule has 1 atom stereocenters. The monoisotopic (exact) mass is 414 g/mol. The molecular weight excluding hydrogens is 395 g/mol. The average Bonchev–Trinajstić information content (AvgIpc) is 2.56. The third-order valence-corrected chi connectivity index (χ3v) is 5.74. The zero-order valence-corrected chi connectivity index (χ0v) is 17.0. The Hall–Kier alpha value is -1.76. The van der Waals surface area contributed by atoms with Crippen molar-refractivity contribution in [3.8, 4) is 0 Å². The van der Waals surface area contributed by atoms with Crippen molar-refractivity contribution in [1.82, 2.24) is 5.32 Å². The number of amides is 1. The molecule has 2 aromatic carbocycles. The minimum atomic E-state index is -3.70. The van der Waals surface area contributed by atoms with Gasteiger partial charge >= 0.3 is 0 Å². The number of carbonyl (C=O) groups excluding carboxylic acids is 1. The normalized spacial score (nSPS) is 12.5. The number of hydrogen-bond donors (Lipinski definition) is 1. The van der Waals surface area contributed by atoms with Gasteiger partial charge in [-0.25, -0.2) is 8.42 Å². The summed E-state index contributed by atoms with van der Waals surface area (Å²) in [5, 5.41) is 3.66. The quantitative estimate of drug-likeness (QED) is 0.781. The second-order valence-corrected chi connectivity index (χ2v) is 8.68. The van der Waals surface area contributed by atoms with Gasteiger partial charge in [-0.2, -0.15) is 0 Å². The van der Waals surface area contributed by atoms with E-state index in [4.69, 9.17) is 23.2 Å². The first-order valence-corrected chi connectivity index (χ1v) is 10.5. The van der Waals surface area contributed by atoms with Crippen LogP contribution in [0.25, 0.3) is 0 Å². The molecule has 0 bridgehead atoms. The van der Waals surface area contributed by atoms with E-state index in [9.17, 15) is 13.2 Å². The Morgan fingerprint density at radius 3 is 2.46 bits per heavy atom. The van der Waals surface area contributed by atoms with E-state index < -0.39 is 22.0 Å². The third-order valence-electron chi connectivity index (χ3n) is 3.91. The second-order valence-electron chi connectivity index (χ2n) is 5.97. The van der Waals surface area contributed by atoms with Crippen molar-refractivity contribution in [1.29, 1.82) is 0 Å². The lowest BCUT2D eigenvalue weighted by atomic mass is 10.1. The first kappa shape index (κ1) is 20.6. The summed E-state index contributed by atoms with van der Waals surface area (Å²) < 4.78 is 25.8. The Bertz CT molecular complexity index is 916. The van der Waals surface area contributed by atoms with Crippen molar-refractivity contribution in [2.75, 3.05) is 10.6 Å². The van der Waals surface area contributed by atoms with Crippen LogP contribution in [0.3, 0.4) is 0 Å². The Labute approximate surface area is 164 Å². The van der Waals surface area contributed by atoms with Gasteiger partial charge in [0.05, 0.1) is 11.9 Å². The predicted molar refractivity (Wildman–Crippen MR) is 106 cm³/mol. The highest BCUT2D eigenvalue weighted by molar-refractivity contribution is 7.92. The van der Waals surface area contributed by atoms with Crippen LogP contribution in [0.1, 0.15) is 18.1 Å². The van der Waals surface area contributed by atoms with E-state index in [-0.39, 0.29) is 6.54 Å².